The number of halogens is 15. The van der Waals surface area contributed by atoms with Gasteiger partial charge in [0.25, 0.3) is 11.8 Å². The molecule has 0 saturated carbocycles. The fourth-order valence-corrected chi connectivity index (χ4v) is 5.53. The normalized spacial score (nSPS) is 15.1. The zero-order chi connectivity index (χ0) is 49.8. The summed E-state index contributed by atoms with van der Waals surface area (Å²) in [5.74, 6) is -6.11. The Bertz CT molecular complexity index is 2690. The van der Waals surface area contributed by atoms with Gasteiger partial charge in [-0.15, -0.1) is 20.4 Å². The predicted octanol–water partition coefficient (Wildman–Crippen LogP) is 11.7. The maximum Gasteiger partial charge on any atom is 0.496 e. The number of hydrogen-bond acceptors (Lipinski definition) is 10. The highest BCUT2D eigenvalue weighted by Crippen LogP contribution is 2.39. The van der Waals surface area contributed by atoms with Crippen LogP contribution in [0.4, 0.5) is 61.5 Å². The zero-order valence-electron chi connectivity index (χ0n) is 35.2. The topological polar surface area (TPSA) is 123 Å². The minimum absolute atomic E-state index is 0. The molecule has 7 heterocycles. The van der Waals surface area contributed by atoms with Crippen molar-refractivity contribution in [3.8, 4) is 22.9 Å². The van der Waals surface area contributed by atoms with E-state index < -0.39 is 89.3 Å². The second-order valence-corrected chi connectivity index (χ2v) is 17.1. The summed E-state index contributed by atoms with van der Waals surface area (Å²) in [5, 5.41) is 12.9. The molecule has 0 amide bonds. The zero-order valence-corrected chi connectivity index (χ0v) is 36.8. The molecule has 1 aliphatic rings. The molecule has 12 nitrogen and oxygen atoms in total. The summed E-state index contributed by atoms with van der Waals surface area (Å²) in [6.07, 6.45) is -14.2. The average Bonchev–Trinajstić information content (AvgIpc) is 3.85. The minimum atomic E-state index is -4.77. The molecular weight excluding hydrogens is 1010 g/mol. The van der Waals surface area contributed by atoms with Crippen LogP contribution in [0, 0.1) is 11.6 Å². The maximum atomic E-state index is 14.2. The average molecular weight is 1060 g/mol. The van der Waals surface area contributed by atoms with Crippen LogP contribution < -0.4 is 14.9 Å². The highest BCUT2D eigenvalue weighted by atomic mass is 79.9. The van der Waals surface area contributed by atoms with Crippen molar-refractivity contribution in [1.29, 1.82) is 0 Å². The van der Waals surface area contributed by atoms with Crippen molar-refractivity contribution < 1.29 is 80.2 Å². The number of pyridine rings is 4. The minimum Gasteiger partial charge on any atom is -0.460 e. The Morgan fingerprint density at radius 3 is 1.40 bits per heavy atom. The van der Waals surface area contributed by atoms with Crippen LogP contribution in [-0.4, -0.2) is 81.0 Å². The Kier molecular flexibility index (Phi) is 16.4. The lowest BCUT2D eigenvalue weighted by Gasteiger charge is -2.32. The largest absolute Gasteiger partial charge is 0.496 e. The van der Waals surface area contributed by atoms with Crippen LogP contribution in [0.1, 0.15) is 81.9 Å². The molecule has 28 heteroatoms. The van der Waals surface area contributed by atoms with Gasteiger partial charge in [-0.25, -0.2) is 18.7 Å². The second-order valence-electron chi connectivity index (χ2n) is 16.1. The number of rotatable bonds is 6. The van der Waals surface area contributed by atoms with E-state index in [0.717, 1.165) is 42.8 Å². The van der Waals surface area contributed by atoms with E-state index >= 15 is 0 Å². The molecule has 0 atom stereocenters. The molecule has 0 spiro atoms. The molecule has 1 saturated heterocycles. The van der Waals surface area contributed by atoms with Crippen molar-refractivity contribution in [3.05, 3.63) is 88.9 Å². The summed E-state index contributed by atoms with van der Waals surface area (Å²) in [5.41, 5.74) is -6.01. The molecular formula is C40H42BBrF14N8O4. The molecule has 6 aromatic rings. The van der Waals surface area contributed by atoms with Gasteiger partial charge in [0.2, 0.25) is 11.6 Å². The number of hydrogen-bond donors (Lipinski definition) is 0. The van der Waals surface area contributed by atoms with Crippen molar-refractivity contribution in [2.24, 2.45) is 0 Å². The van der Waals surface area contributed by atoms with Crippen molar-refractivity contribution in [2.45, 2.75) is 117 Å². The van der Waals surface area contributed by atoms with Crippen LogP contribution in [0.15, 0.2) is 65.7 Å². The Labute approximate surface area is 387 Å². The Balaban J connectivity index is 0.000000279. The first-order chi connectivity index (χ1) is 29.9. The smallest absolute Gasteiger partial charge is 0.460 e. The van der Waals surface area contributed by atoms with Crippen LogP contribution in [0.2, 0.25) is 0 Å². The number of alkyl halides is 12. The van der Waals surface area contributed by atoms with Crippen molar-refractivity contribution in [2.75, 3.05) is 0 Å². The Morgan fingerprint density at radius 1 is 0.574 bits per heavy atom. The van der Waals surface area contributed by atoms with Crippen LogP contribution in [0.3, 0.4) is 0 Å². The van der Waals surface area contributed by atoms with E-state index in [1.165, 1.54) is 30.6 Å². The number of nitrogens with zero attached hydrogens (tertiary/aromatic N) is 8. The van der Waals surface area contributed by atoms with Crippen LogP contribution in [0.5, 0.6) is 11.8 Å². The fraction of sp³-hybridized carbons (Fsp3) is 0.450. The molecule has 7 rings (SSSR count). The van der Waals surface area contributed by atoms with Gasteiger partial charge in [-0.05, 0) is 108 Å². The van der Waals surface area contributed by atoms with Gasteiger partial charge in [-0.3, -0.25) is 8.80 Å². The highest BCUT2D eigenvalue weighted by Gasteiger charge is 2.53. The second kappa shape index (κ2) is 19.6. The number of aromatic nitrogens is 8. The molecule has 68 heavy (non-hydrogen) atoms. The third kappa shape index (κ3) is 12.4. The van der Waals surface area contributed by atoms with Gasteiger partial charge in [-0.1, -0.05) is 14.9 Å². The third-order valence-corrected chi connectivity index (χ3v) is 10.3. The Morgan fingerprint density at radius 2 is 0.985 bits per heavy atom. The van der Waals surface area contributed by atoms with Gasteiger partial charge < -0.3 is 18.8 Å². The monoisotopic (exact) mass is 1050 g/mol. The fourth-order valence-electron chi connectivity index (χ4n) is 5.19. The molecule has 0 bridgehead atoms. The van der Waals surface area contributed by atoms with Crippen molar-refractivity contribution in [1.82, 2.24) is 39.2 Å². The van der Waals surface area contributed by atoms with Crippen LogP contribution in [-0.2, 0) is 21.7 Å². The first kappa shape index (κ1) is 56.9. The first-order valence-electron chi connectivity index (χ1n) is 18.6. The van der Waals surface area contributed by atoms with E-state index in [1.54, 1.807) is 6.07 Å². The van der Waals surface area contributed by atoms with Gasteiger partial charge in [-0.2, -0.15) is 52.7 Å². The number of fused-ring (bicyclic) bond motifs is 2. The molecule has 1 aliphatic heterocycles. The third-order valence-electron chi connectivity index (χ3n) is 9.84. The lowest BCUT2D eigenvalue weighted by molar-refractivity contribution is -0.236. The van der Waals surface area contributed by atoms with Crippen molar-refractivity contribution >= 4 is 39.8 Å². The summed E-state index contributed by atoms with van der Waals surface area (Å²) in [6.45, 7) is 10.4. The summed E-state index contributed by atoms with van der Waals surface area (Å²) in [7, 11) is -0.860. The molecule has 6 aromatic heterocycles. The highest BCUT2D eigenvalue weighted by molar-refractivity contribution is 9.10. The van der Waals surface area contributed by atoms with E-state index in [4.69, 9.17) is 14.0 Å². The summed E-state index contributed by atoms with van der Waals surface area (Å²) < 4.78 is 204. The maximum absolute atomic E-state index is 14.2. The lowest BCUT2D eigenvalue weighted by atomic mass is 9.80. The standard InChI is InChI=1S/C16H11F7N4O.C15H20BF4NO3.C7H3BrF3N3.2CH4/c1-14(2,16(21,22)23)28-12-10(17)5-9(6-24-12)8-3-4-11-25-26-13(15(18,19)20)27(11)7-8;1-12(2)13(3,4)24-16(23-12)9-7-10(17)11(21-8-9)22-14(5,6)15(18,19)20;8-4-1-2-5-12-13-6(7(9,10)11)14(5)3-4;;/h3-7H,1-2H3;7-8H,1-6H3;1-3H;2*1H4. The van der Waals surface area contributed by atoms with Gasteiger partial charge >= 0.3 is 31.8 Å². The molecule has 0 aromatic carbocycles. The first-order valence-corrected chi connectivity index (χ1v) is 19.4. The van der Waals surface area contributed by atoms with Gasteiger partial charge in [0.15, 0.2) is 34.1 Å². The lowest BCUT2D eigenvalue weighted by Crippen LogP contribution is -2.45. The summed E-state index contributed by atoms with van der Waals surface area (Å²) in [4.78, 5) is 7.19. The van der Waals surface area contributed by atoms with Crippen molar-refractivity contribution in [3.63, 3.8) is 0 Å². The van der Waals surface area contributed by atoms with Crippen LogP contribution in [0.25, 0.3) is 22.4 Å². The van der Waals surface area contributed by atoms with E-state index in [0.29, 0.717) is 22.7 Å². The van der Waals surface area contributed by atoms with Gasteiger partial charge in [0.1, 0.15) is 0 Å². The van der Waals surface area contributed by atoms with E-state index in [-0.39, 0.29) is 42.7 Å². The Hall–Kier alpha value is -5.38. The van der Waals surface area contributed by atoms with E-state index in [9.17, 15) is 61.5 Å². The van der Waals surface area contributed by atoms with Gasteiger partial charge in [0, 0.05) is 45.8 Å². The SMILES string of the molecule is C.C.CC(C)(Oc1ncc(-c2ccc3nnc(C(F)(F)F)n3c2)cc1F)C(F)(F)F.CC(C)(Oc1ncc(B2OC(C)(C)C(C)(C)O2)cc1F)C(F)(F)F.FC(F)(F)c1nnc2ccc(Br)cn12. The van der Waals surface area contributed by atoms with Gasteiger partial charge in [0.05, 0.1) is 11.2 Å². The molecule has 0 unspecified atom stereocenters. The van der Waals surface area contributed by atoms with E-state index in [2.05, 4.69) is 51.0 Å². The molecule has 0 radical (unpaired) electrons. The quantitative estimate of drug-likeness (QED) is 0.118. The van der Waals surface area contributed by atoms with Crippen LogP contribution >= 0.6 is 15.9 Å². The predicted molar refractivity (Wildman–Crippen MR) is 222 cm³/mol. The molecule has 374 valence electrons. The molecule has 0 aliphatic carbocycles. The summed E-state index contributed by atoms with van der Waals surface area (Å²) in [6, 6.07) is 7.45. The summed E-state index contributed by atoms with van der Waals surface area (Å²) >= 11 is 3.07. The number of ether oxygens (including phenoxy) is 2. The van der Waals surface area contributed by atoms with E-state index in [1.807, 2.05) is 27.7 Å². The molecule has 1 fully saturated rings. The molecule has 0 N–H and O–H groups in total.